The summed E-state index contributed by atoms with van der Waals surface area (Å²) >= 11 is 0. The first kappa shape index (κ1) is 22.2. The number of nitrogens with zero attached hydrogens (tertiary/aromatic N) is 2. The summed E-state index contributed by atoms with van der Waals surface area (Å²) in [6, 6.07) is 5.80. The quantitative estimate of drug-likeness (QED) is 0.739. The van der Waals surface area contributed by atoms with Crippen molar-refractivity contribution in [1.29, 1.82) is 0 Å². The monoisotopic (exact) mass is 418 g/mol. The molecule has 7 nitrogen and oxygen atoms in total. The molecule has 2 fully saturated rings. The number of carbonyl (C=O) groups is 2. The maximum Gasteiger partial charge on any atom is 0.410 e. The number of likely N-dealkylation sites (tertiary alicyclic amines) is 2. The fourth-order valence-electron chi connectivity index (χ4n) is 4.32. The minimum absolute atomic E-state index is 0.0160. The molecule has 7 heteroatoms. The zero-order valence-corrected chi connectivity index (χ0v) is 18.8. The lowest BCUT2D eigenvalue weighted by atomic mass is 9.94. The molecule has 2 amide bonds. The lowest BCUT2D eigenvalue weighted by molar-refractivity contribution is -0.138. The molecule has 0 saturated carbocycles. The van der Waals surface area contributed by atoms with Gasteiger partial charge in [0.05, 0.1) is 20.3 Å². The van der Waals surface area contributed by atoms with Crippen LogP contribution in [0.1, 0.15) is 58.1 Å². The number of ether oxygens (including phenoxy) is 3. The Kier molecular flexibility index (Phi) is 6.78. The molecule has 1 aromatic carbocycles. The van der Waals surface area contributed by atoms with E-state index in [9.17, 15) is 9.59 Å². The van der Waals surface area contributed by atoms with Crippen molar-refractivity contribution in [2.24, 2.45) is 5.92 Å². The lowest BCUT2D eigenvalue weighted by Gasteiger charge is -2.35. The van der Waals surface area contributed by atoms with Crippen LogP contribution in [0.25, 0.3) is 0 Å². The van der Waals surface area contributed by atoms with Crippen molar-refractivity contribution in [3.05, 3.63) is 23.8 Å². The first-order valence-corrected chi connectivity index (χ1v) is 10.7. The number of hydrogen-bond donors (Lipinski definition) is 0. The molecular weight excluding hydrogens is 384 g/mol. The maximum absolute atomic E-state index is 13.3. The smallest absolute Gasteiger partial charge is 0.410 e. The zero-order valence-electron chi connectivity index (χ0n) is 18.8. The van der Waals surface area contributed by atoms with Crippen molar-refractivity contribution in [2.45, 2.75) is 58.1 Å². The highest BCUT2D eigenvalue weighted by atomic mass is 16.6. The average molecular weight is 419 g/mol. The fourth-order valence-corrected chi connectivity index (χ4v) is 4.32. The summed E-state index contributed by atoms with van der Waals surface area (Å²) < 4.78 is 16.3. The van der Waals surface area contributed by atoms with Crippen LogP contribution in [0.4, 0.5) is 4.79 Å². The van der Waals surface area contributed by atoms with Gasteiger partial charge in [-0.15, -0.1) is 0 Å². The van der Waals surface area contributed by atoms with Crippen LogP contribution < -0.4 is 9.47 Å². The maximum atomic E-state index is 13.3. The highest BCUT2D eigenvalue weighted by Gasteiger charge is 2.37. The van der Waals surface area contributed by atoms with Gasteiger partial charge in [-0.25, -0.2) is 4.79 Å². The minimum Gasteiger partial charge on any atom is -0.497 e. The van der Waals surface area contributed by atoms with Crippen LogP contribution in [-0.4, -0.2) is 61.3 Å². The van der Waals surface area contributed by atoms with Gasteiger partial charge in [0.25, 0.3) is 0 Å². The van der Waals surface area contributed by atoms with Gasteiger partial charge in [-0.1, -0.05) is 0 Å². The average Bonchev–Trinajstić information content (AvgIpc) is 3.21. The van der Waals surface area contributed by atoms with E-state index in [2.05, 4.69) is 0 Å². The largest absolute Gasteiger partial charge is 0.497 e. The molecule has 1 atom stereocenters. The molecule has 0 spiro atoms. The summed E-state index contributed by atoms with van der Waals surface area (Å²) in [5, 5.41) is 0. The van der Waals surface area contributed by atoms with E-state index in [0.717, 1.165) is 36.4 Å². The van der Waals surface area contributed by atoms with E-state index in [-0.39, 0.29) is 24.0 Å². The molecule has 3 rings (SSSR count). The normalized spacial score (nSPS) is 20.2. The number of methoxy groups -OCH3 is 2. The van der Waals surface area contributed by atoms with E-state index in [0.29, 0.717) is 25.9 Å². The second kappa shape index (κ2) is 9.14. The molecule has 166 valence electrons. The Bertz CT molecular complexity index is 765. The van der Waals surface area contributed by atoms with Gasteiger partial charge in [-0.3, -0.25) is 4.79 Å². The number of benzene rings is 1. The van der Waals surface area contributed by atoms with Crippen molar-refractivity contribution in [2.75, 3.05) is 33.9 Å². The predicted molar refractivity (Wildman–Crippen MR) is 114 cm³/mol. The molecule has 0 bridgehead atoms. The molecule has 0 unspecified atom stereocenters. The molecule has 1 aromatic rings. The second-order valence-electron chi connectivity index (χ2n) is 9.04. The van der Waals surface area contributed by atoms with Gasteiger partial charge in [0.1, 0.15) is 17.1 Å². The second-order valence-corrected chi connectivity index (χ2v) is 9.04. The van der Waals surface area contributed by atoms with Gasteiger partial charge in [0, 0.05) is 37.2 Å². The van der Waals surface area contributed by atoms with E-state index < -0.39 is 5.60 Å². The summed E-state index contributed by atoms with van der Waals surface area (Å²) in [5.41, 5.74) is 0.513. The number of rotatable bonds is 4. The fraction of sp³-hybridized carbons (Fsp3) is 0.652. The lowest BCUT2D eigenvalue weighted by Crippen LogP contribution is -2.45. The highest BCUT2D eigenvalue weighted by molar-refractivity contribution is 5.80. The molecule has 2 aliphatic rings. The summed E-state index contributed by atoms with van der Waals surface area (Å²) in [7, 11) is 3.27. The van der Waals surface area contributed by atoms with Crippen molar-refractivity contribution < 1.29 is 23.8 Å². The summed E-state index contributed by atoms with van der Waals surface area (Å²) in [4.78, 5) is 29.3. The third-order valence-electron chi connectivity index (χ3n) is 5.83. The molecule has 0 N–H and O–H groups in total. The standard InChI is InChI=1S/C23H34N2O5/c1-23(2,3)30-22(27)24-13-10-16(11-14-24)21(26)25-12-6-7-19(25)18-9-8-17(28-4)15-20(18)29-5/h8-9,15-16,19H,6-7,10-14H2,1-5H3/t19-/m1/s1. The van der Waals surface area contributed by atoms with E-state index in [1.807, 2.05) is 43.9 Å². The van der Waals surface area contributed by atoms with Crippen molar-refractivity contribution in [3.63, 3.8) is 0 Å². The molecule has 30 heavy (non-hydrogen) atoms. The number of amides is 2. The first-order chi connectivity index (χ1) is 14.2. The molecule has 2 aliphatic heterocycles. The van der Waals surface area contributed by atoms with Gasteiger partial charge in [0.15, 0.2) is 0 Å². The van der Waals surface area contributed by atoms with Crippen LogP contribution >= 0.6 is 0 Å². The Morgan fingerprint density at radius 2 is 1.70 bits per heavy atom. The van der Waals surface area contributed by atoms with Crippen LogP contribution in [0, 0.1) is 5.92 Å². The van der Waals surface area contributed by atoms with Gasteiger partial charge in [0.2, 0.25) is 5.91 Å². The third kappa shape index (κ3) is 4.99. The van der Waals surface area contributed by atoms with E-state index in [1.165, 1.54) is 0 Å². The highest BCUT2D eigenvalue weighted by Crippen LogP contribution is 2.40. The SMILES string of the molecule is COc1ccc([C@H]2CCCN2C(=O)C2CCN(C(=O)OC(C)(C)C)CC2)c(OC)c1. The minimum atomic E-state index is -0.510. The number of carbonyl (C=O) groups excluding carboxylic acids is 2. The van der Waals surface area contributed by atoms with E-state index in [1.54, 1.807) is 19.1 Å². The van der Waals surface area contributed by atoms with Crippen LogP contribution in [0.5, 0.6) is 11.5 Å². The predicted octanol–water partition coefficient (Wildman–Crippen LogP) is 4.01. The Morgan fingerprint density at radius 1 is 1.00 bits per heavy atom. The van der Waals surface area contributed by atoms with Crippen molar-refractivity contribution >= 4 is 12.0 Å². The summed E-state index contributed by atoms with van der Waals surface area (Å²) in [5.74, 6) is 1.60. The summed E-state index contributed by atoms with van der Waals surface area (Å²) in [6.45, 7) is 7.45. The first-order valence-electron chi connectivity index (χ1n) is 10.7. The van der Waals surface area contributed by atoms with Crippen molar-refractivity contribution in [3.8, 4) is 11.5 Å². The van der Waals surface area contributed by atoms with Gasteiger partial charge in [-0.05, 0) is 58.6 Å². The van der Waals surface area contributed by atoms with Gasteiger partial charge < -0.3 is 24.0 Å². The van der Waals surface area contributed by atoms with E-state index in [4.69, 9.17) is 14.2 Å². The number of hydrogen-bond acceptors (Lipinski definition) is 5. The van der Waals surface area contributed by atoms with Crippen molar-refractivity contribution in [1.82, 2.24) is 9.80 Å². The third-order valence-corrected chi connectivity index (χ3v) is 5.83. The zero-order chi connectivity index (χ0) is 21.9. The van der Waals surface area contributed by atoms with Crippen LogP contribution in [-0.2, 0) is 9.53 Å². The van der Waals surface area contributed by atoms with Gasteiger partial charge >= 0.3 is 6.09 Å². The molecule has 2 saturated heterocycles. The van der Waals surface area contributed by atoms with Crippen LogP contribution in [0.3, 0.4) is 0 Å². The Hall–Kier alpha value is -2.44. The molecule has 0 aliphatic carbocycles. The Balaban J connectivity index is 1.65. The Labute approximate surface area is 179 Å². The molecule has 2 heterocycles. The van der Waals surface area contributed by atoms with E-state index >= 15 is 0 Å². The van der Waals surface area contributed by atoms with Crippen LogP contribution in [0.2, 0.25) is 0 Å². The van der Waals surface area contributed by atoms with Crippen LogP contribution in [0.15, 0.2) is 18.2 Å². The molecular formula is C23H34N2O5. The molecule has 0 radical (unpaired) electrons. The summed E-state index contributed by atoms with van der Waals surface area (Å²) in [6.07, 6.45) is 2.94. The topological polar surface area (TPSA) is 68.3 Å². The Morgan fingerprint density at radius 3 is 2.30 bits per heavy atom. The number of piperidine rings is 1. The van der Waals surface area contributed by atoms with Gasteiger partial charge in [-0.2, -0.15) is 0 Å². The molecule has 0 aromatic heterocycles.